The summed E-state index contributed by atoms with van der Waals surface area (Å²) < 4.78 is 19.4. The van der Waals surface area contributed by atoms with Crippen molar-refractivity contribution in [1.29, 1.82) is 0 Å². The number of fused-ring (bicyclic) bond motifs is 2. The molecular formula is C29H36BrN7O5S. The van der Waals surface area contributed by atoms with Crippen molar-refractivity contribution in [3.8, 4) is 23.0 Å². The van der Waals surface area contributed by atoms with E-state index in [1.54, 1.807) is 11.2 Å². The van der Waals surface area contributed by atoms with Crippen LogP contribution in [0.5, 0.6) is 11.5 Å². The molecule has 1 aromatic carbocycles. The monoisotopic (exact) mass is 673 g/mol. The van der Waals surface area contributed by atoms with E-state index in [-0.39, 0.29) is 12.7 Å². The summed E-state index contributed by atoms with van der Waals surface area (Å²) in [6.45, 7) is 8.37. The van der Waals surface area contributed by atoms with Gasteiger partial charge < -0.3 is 29.4 Å². The minimum atomic E-state index is -0.589. The molecule has 230 valence electrons. The first-order chi connectivity index (χ1) is 20.6. The summed E-state index contributed by atoms with van der Waals surface area (Å²) >= 11 is 5.01. The molecular weight excluding hydrogens is 638 g/mol. The standard InChI is InChI=1S/C29H36BrN7O5S/c1-29(2,3)42-28(39)37-9-4-5-19(37)26(38)35-10-6-17(7-11-35)8-12-36-15-32-24(31)23-25(36)34-27(33-23)43-22-14-21-20(13-18(22)30)40-16-41-21/h13-15,17,19H,4-12,16,31H2,1-3H3. The number of ether oxygens (including phenoxy) is 3. The molecule has 0 radical (unpaired) electrons. The number of hydrogen-bond donors (Lipinski definition) is 1. The van der Waals surface area contributed by atoms with Gasteiger partial charge >= 0.3 is 6.09 Å². The van der Waals surface area contributed by atoms with E-state index in [0.29, 0.717) is 72.5 Å². The Morgan fingerprint density at radius 1 is 1.12 bits per heavy atom. The van der Waals surface area contributed by atoms with E-state index in [1.807, 2.05) is 42.4 Å². The maximum absolute atomic E-state index is 13.4. The summed E-state index contributed by atoms with van der Waals surface area (Å²) in [5.41, 5.74) is 6.16. The van der Waals surface area contributed by atoms with Crippen molar-refractivity contribution in [2.75, 3.05) is 32.2 Å². The molecule has 5 heterocycles. The molecule has 0 spiro atoms. The lowest BCUT2D eigenvalue weighted by molar-refractivity contribution is -0.137. The van der Waals surface area contributed by atoms with Crippen molar-refractivity contribution in [3.63, 3.8) is 0 Å². The van der Waals surface area contributed by atoms with Crippen LogP contribution in [0.4, 0.5) is 10.6 Å². The predicted octanol–water partition coefficient (Wildman–Crippen LogP) is 5.03. The van der Waals surface area contributed by atoms with E-state index >= 15 is 0 Å². The molecule has 2 amide bonds. The second-order valence-electron chi connectivity index (χ2n) is 12.1. The molecule has 5 aliphatic rings. The van der Waals surface area contributed by atoms with Gasteiger partial charge in [0.05, 0.1) is 6.33 Å². The topological polar surface area (TPSA) is 138 Å². The van der Waals surface area contributed by atoms with Crippen molar-refractivity contribution in [3.05, 3.63) is 22.9 Å². The Balaban J connectivity index is 1.06. The molecule has 0 aliphatic carbocycles. The number of likely N-dealkylation sites (tertiary alicyclic amines) is 2. The molecule has 5 aliphatic heterocycles. The van der Waals surface area contributed by atoms with E-state index in [0.717, 1.165) is 35.1 Å². The van der Waals surface area contributed by atoms with Gasteiger partial charge in [0.1, 0.15) is 11.6 Å². The molecule has 43 heavy (non-hydrogen) atoms. The van der Waals surface area contributed by atoms with Crippen LogP contribution in [0, 0.1) is 5.92 Å². The molecule has 0 saturated carbocycles. The van der Waals surface area contributed by atoms with Gasteiger partial charge in [0.2, 0.25) is 12.7 Å². The molecule has 2 fully saturated rings. The molecule has 2 saturated heterocycles. The lowest BCUT2D eigenvalue weighted by Gasteiger charge is -2.36. The summed E-state index contributed by atoms with van der Waals surface area (Å²) in [4.78, 5) is 44.3. The average Bonchev–Trinajstić information content (AvgIpc) is 3.72. The zero-order chi connectivity index (χ0) is 30.3. The lowest BCUT2D eigenvalue weighted by atomic mass is 9.93. The summed E-state index contributed by atoms with van der Waals surface area (Å²) in [6.07, 6.45) is 5.55. The summed E-state index contributed by atoms with van der Waals surface area (Å²) in [5.74, 6) is 2.92. The third-order valence-electron chi connectivity index (χ3n) is 7.97. The number of carbonyl (C=O) groups is 2. The zero-order valence-electron chi connectivity index (χ0n) is 24.5. The van der Waals surface area contributed by atoms with Gasteiger partial charge in [-0.15, -0.1) is 0 Å². The van der Waals surface area contributed by atoms with E-state index in [2.05, 4.69) is 25.9 Å². The van der Waals surface area contributed by atoms with Gasteiger partial charge in [-0.25, -0.2) is 19.7 Å². The van der Waals surface area contributed by atoms with Crippen LogP contribution in [0.15, 0.2) is 33.0 Å². The van der Waals surface area contributed by atoms with Gasteiger partial charge in [0.15, 0.2) is 34.0 Å². The van der Waals surface area contributed by atoms with Crippen LogP contribution < -0.4 is 15.2 Å². The number of halogens is 1. The predicted molar refractivity (Wildman–Crippen MR) is 163 cm³/mol. The van der Waals surface area contributed by atoms with Crippen molar-refractivity contribution < 1.29 is 23.8 Å². The number of amides is 2. The summed E-state index contributed by atoms with van der Waals surface area (Å²) in [7, 11) is 0. The highest BCUT2D eigenvalue weighted by Crippen LogP contribution is 2.43. The number of nitrogens with zero attached hydrogens (tertiary/aromatic N) is 6. The minimum absolute atomic E-state index is 0.0341. The Kier molecular flexibility index (Phi) is 8.33. The van der Waals surface area contributed by atoms with Gasteiger partial charge in [-0.3, -0.25) is 9.69 Å². The van der Waals surface area contributed by atoms with Crippen LogP contribution in [0.2, 0.25) is 0 Å². The van der Waals surface area contributed by atoms with Gasteiger partial charge in [0, 0.05) is 35.5 Å². The highest BCUT2D eigenvalue weighted by molar-refractivity contribution is 9.10. The van der Waals surface area contributed by atoms with Crippen LogP contribution in [-0.2, 0) is 16.1 Å². The van der Waals surface area contributed by atoms with E-state index < -0.39 is 17.7 Å². The molecule has 1 atom stereocenters. The van der Waals surface area contributed by atoms with Crippen LogP contribution >= 0.6 is 27.7 Å². The first kappa shape index (κ1) is 29.8. The Morgan fingerprint density at radius 2 is 1.86 bits per heavy atom. The fraction of sp³-hybridized carbons (Fsp3) is 0.552. The second-order valence-corrected chi connectivity index (χ2v) is 14.0. The summed E-state index contributed by atoms with van der Waals surface area (Å²) in [6, 6.07) is 3.36. The maximum Gasteiger partial charge on any atom is 0.410 e. The molecule has 14 heteroatoms. The van der Waals surface area contributed by atoms with Crippen LogP contribution in [-0.4, -0.2) is 79.4 Å². The van der Waals surface area contributed by atoms with E-state index in [9.17, 15) is 9.59 Å². The number of nitrogen functional groups attached to an aromatic ring is 1. The van der Waals surface area contributed by atoms with Crippen molar-refractivity contribution in [2.24, 2.45) is 5.92 Å². The highest BCUT2D eigenvalue weighted by Gasteiger charge is 2.39. The molecule has 1 aromatic rings. The minimum Gasteiger partial charge on any atom is -0.454 e. The van der Waals surface area contributed by atoms with E-state index in [4.69, 9.17) is 24.9 Å². The van der Waals surface area contributed by atoms with Crippen molar-refractivity contribution >= 4 is 45.5 Å². The third-order valence-corrected chi connectivity index (χ3v) is 9.81. The zero-order valence-corrected chi connectivity index (χ0v) is 26.9. The normalized spacial score (nSPS) is 18.9. The first-order valence-electron chi connectivity index (χ1n) is 14.6. The molecule has 2 N–H and O–H groups in total. The van der Waals surface area contributed by atoms with Crippen molar-refractivity contribution in [1.82, 2.24) is 29.3 Å². The number of anilines is 1. The number of nitrogens with two attached hydrogens (primary N) is 1. The fourth-order valence-corrected chi connectivity index (χ4v) is 7.11. The lowest BCUT2D eigenvalue weighted by Crippen LogP contribution is -2.50. The van der Waals surface area contributed by atoms with Gasteiger partial charge in [-0.05, 0) is 98.6 Å². The second kappa shape index (κ2) is 12.0. The number of aromatic nitrogens is 4. The largest absolute Gasteiger partial charge is 0.454 e. The number of rotatable bonds is 6. The Hall–Kier alpha value is -3.26. The van der Waals surface area contributed by atoms with Crippen LogP contribution in [0.25, 0.3) is 11.5 Å². The molecule has 12 nitrogen and oxygen atoms in total. The number of imidazole rings is 1. The maximum atomic E-state index is 13.4. The van der Waals surface area contributed by atoms with Gasteiger partial charge in [-0.2, -0.15) is 0 Å². The number of benzene rings is 1. The molecule has 1 unspecified atom stereocenters. The first-order valence-corrected chi connectivity index (χ1v) is 16.2. The summed E-state index contributed by atoms with van der Waals surface area (Å²) in [5, 5.41) is 0.571. The smallest absolute Gasteiger partial charge is 0.410 e. The van der Waals surface area contributed by atoms with Crippen molar-refractivity contribution in [2.45, 2.75) is 81.1 Å². The number of hydrogen-bond acceptors (Lipinski definition) is 10. The number of piperidine rings is 1. The van der Waals surface area contributed by atoms with Gasteiger partial charge in [-0.1, -0.05) is 0 Å². The fourth-order valence-electron chi connectivity index (χ4n) is 5.76. The average molecular weight is 675 g/mol. The highest BCUT2D eigenvalue weighted by atomic mass is 79.9. The number of carbonyl (C=O) groups excluding carboxylic acids is 2. The van der Waals surface area contributed by atoms with Crippen LogP contribution in [0.1, 0.15) is 52.9 Å². The van der Waals surface area contributed by atoms with E-state index in [1.165, 1.54) is 11.8 Å². The third kappa shape index (κ3) is 6.49. The molecule has 0 aromatic heterocycles. The van der Waals surface area contributed by atoms with Gasteiger partial charge in [0.25, 0.3) is 0 Å². The Labute approximate surface area is 263 Å². The molecule has 6 rings (SSSR count). The molecule has 0 bridgehead atoms. The Morgan fingerprint density at radius 3 is 2.60 bits per heavy atom. The quantitative estimate of drug-likeness (QED) is 0.379. The number of aryl methyl sites for hydroxylation is 1. The Bertz CT molecular complexity index is 1490. The van der Waals surface area contributed by atoms with Crippen LogP contribution in [0.3, 0.4) is 0 Å². The SMILES string of the molecule is CC(C)(C)OC(=O)N1CCCC1C(=O)N1CCC(CCn2cnc(N)c3nc(Sc4cc5c(cc4Br)OCO5)nc2-3)CC1.